The Morgan fingerprint density at radius 3 is 2.42 bits per heavy atom. The molecule has 1 saturated carbocycles. The quantitative estimate of drug-likeness (QED) is 0.551. The van der Waals surface area contributed by atoms with E-state index >= 15 is 0 Å². The standard InChI is InChI=1S/C24H22F3N3O3/c1-15-13-21(31)22(28-30(15)20-6-4-3-5-19(20)24(25,26)27)23(32)29(17-9-10-17)14-16-7-11-18(33-2)12-8-16/h3-8,11-13,17H,9-10,14H2,1-2H3. The molecule has 172 valence electrons. The van der Waals surface area contributed by atoms with Crippen molar-refractivity contribution in [2.24, 2.45) is 0 Å². The highest BCUT2D eigenvalue weighted by molar-refractivity contribution is 5.92. The molecule has 1 aliphatic rings. The Kier molecular flexibility index (Phi) is 5.97. The van der Waals surface area contributed by atoms with E-state index in [2.05, 4.69) is 5.10 Å². The van der Waals surface area contributed by atoms with Crippen molar-refractivity contribution >= 4 is 5.91 Å². The predicted octanol–water partition coefficient (Wildman–Crippen LogP) is 4.37. The smallest absolute Gasteiger partial charge is 0.418 e. The van der Waals surface area contributed by atoms with E-state index in [1.165, 1.54) is 25.1 Å². The van der Waals surface area contributed by atoms with Gasteiger partial charge in [-0.3, -0.25) is 9.59 Å². The van der Waals surface area contributed by atoms with E-state index in [4.69, 9.17) is 4.74 Å². The van der Waals surface area contributed by atoms with Crippen LogP contribution in [0.1, 0.15) is 40.2 Å². The number of alkyl halides is 3. The molecule has 4 rings (SSSR count). The van der Waals surface area contributed by atoms with Crippen molar-refractivity contribution in [3.63, 3.8) is 0 Å². The van der Waals surface area contributed by atoms with Crippen LogP contribution < -0.4 is 10.2 Å². The fourth-order valence-electron chi connectivity index (χ4n) is 3.65. The number of carbonyl (C=O) groups excluding carboxylic acids is 1. The first kappa shape index (κ1) is 22.6. The van der Waals surface area contributed by atoms with Crippen LogP contribution in [0.5, 0.6) is 5.75 Å². The van der Waals surface area contributed by atoms with Crippen LogP contribution in [0, 0.1) is 6.92 Å². The summed E-state index contributed by atoms with van der Waals surface area (Å²) in [4.78, 5) is 27.6. The second kappa shape index (κ2) is 8.73. The van der Waals surface area contributed by atoms with E-state index in [-0.39, 0.29) is 24.0 Å². The fourth-order valence-corrected chi connectivity index (χ4v) is 3.65. The lowest BCUT2D eigenvalue weighted by Gasteiger charge is -2.23. The molecule has 0 saturated heterocycles. The van der Waals surface area contributed by atoms with Gasteiger partial charge in [0, 0.05) is 24.3 Å². The summed E-state index contributed by atoms with van der Waals surface area (Å²) in [6.07, 6.45) is -3.04. The Hall–Kier alpha value is -3.62. The van der Waals surface area contributed by atoms with Crippen molar-refractivity contribution in [3.05, 3.63) is 87.3 Å². The van der Waals surface area contributed by atoms with Crippen LogP contribution in [0.15, 0.2) is 59.4 Å². The van der Waals surface area contributed by atoms with Gasteiger partial charge in [0.1, 0.15) is 5.75 Å². The summed E-state index contributed by atoms with van der Waals surface area (Å²) in [7, 11) is 1.56. The van der Waals surface area contributed by atoms with Crippen LogP contribution >= 0.6 is 0 Å². The predicted molar refractivity (Wildman–Crippen MR) is 115 cm³/mol. The van der Waals surface area contributed by atoms with Crippen LogP contribution in [0.25, 0.3) is 5.69 Å². The molecule has 3 aromatic rings. The molecule has 0 atom stereocenters. The van der Waals surface area contributed by atoms with Gasteiger partial charge in [0.05, 0.1) is 18.4 Å². The molecule has 6 nitrogen and oxygen atoms in total. The Balaban J connectivity index is 1.73. The van der Waals surface area contributed by atoms with E-state index in [1.54, 1.807) is 24.1 Å². The molecule has 0 radical (unpaired) electrons. The Morgan fingerprint density at radius 2 is 1.82 bits per heavy atom. The Labute approximate surface area is 188 Å². The normalized spacial score (nSPS) is 13.6. The summed E-state index contributed by atoms with van der Waals surface area (Å²) >= 11 is 0. The van der Waals surface area contributed by atoms with Gasteiger partial charge in [-0.05, 0) is 49.6 Å². The lowest BCUT2D eigenvalue weighted by atomic mass is 10.1. The van der Waals surface area contributed by atoms with Crippen LogP contribution in [0.4, 0.5) is 13.2 Å². The number of rotatable bonds is 6. The number of aryl methyl sites for hydroxylation is 1. The molecular weight excluding hydrogens is 435 g/mol. The minimum absolute atomic E-state index is 0.0435. The molecule has 1 amide bonds. The molecular formula is C24H22F3N3O3. The van der Waals surface area contributed by atoms with Crippen LogP contribution in [0.2, 0.25) is 0 Å². The summed E-state index contributed by atoms with van der Waals surface area (Å²) < 4.78 is 46.8. The first-order valence-electron chi connectivity index (χ1n) is 10.4. The summed E-state index contributed by atoms with van der Waals surface area (Å²) in [6, 6.07) is 13.2. The van der Waals surface area contributed by atoms with Crippen LogP contribution in [-0.2, 0) is 12.7 Å². The van der Waals surface area contributed by atoms with Crippen molar-refractivity contribution in [3.8, 4) is 11.4 Å². The van der Waals surface area contributed by atoms with Crippen LogP contribution in [0.3, 0.4) is 0 Å². The van der Waals surface area contributed by atoms with Gasteiger partial charge in [0.25, 0.3) is 5.91 Å². The maximum absolute atomic E-state index is 13.6. The fraction of sp³-hybridized carbons (Fsp3) is 0.292. The molecule has 0 unspecified atom stereocenters. The third-order valence-corrected chi connectivity index (χ3v) is 5.51. The summed E-state index contributed by atoms with van der Waals surface area (Å²) in [6.45, 7) is 1.73. The second-order valence-electron chi connectivity index (χ2n) is 7.94. The number of hydrogen-bond donors (Lipinski definition) is 0. The molecule has 0 aliphatic heterocycles. The van der Waals surface area contributed by atoms with Crippen molar-refractivity contribution in [1.29, 1.82) is 0 Å². The Bertz CT molecular complexity index is 1230. The summed E-state index contributed by atoms with van der Waals surface area (Å²) in [5.41, 5.74) is -1.14. The van der Waals surface area contributed by atoms with Crippen LogP contribution in [-0.4, -0.2) is 33.7 Å². The number of nitrogens with zero attached hydrogens (tertiary/aromatic N) is 3. The molecule has 2 aromatic carbocycles. The summed E-state index contributed by atoms with van der Waals surface area (Å²) in [5.74, 6) is 0.0750. The average Bonchev–Trinajstić information content (AvgIpc) is 3.62. The number of aromatic nitrogens is 2. The number of ether oxygens (including phenoxy) is 1. The maximum atomic E-state index is 13.6. The van der Waals surface area contributed by atoms with E-state index in [0.717, 1.165) is 35.2 Å². The van der Waals surface area contributed by atoms with E-state index in [1.807, 2.05) is 12.1 Å². The molecule has 1 fully saturated rings. The highest BCUT2D eigenvalue weighted by Gasteiger charge is 2.36. The maximum Gasteiger partial charge on any atom is 0.418 e. The molecule has 1 aliphatic carbocycles. The van der Waals surface area contributed by atoms with Gasteiger partial charge in [0.15, 0.2) is 5.69 Å². The topological polar surface area (TPSA) is 64.4 Å². The zero-order valence-electron chi connectivity index (χ0n) is 18.1. The molecule has 0 spiro atoms. The Morgan fingerprint density at radius 1 is 1.15 bits per heavy atom. The van der Waals surface area contributed by atoms with Gasteiger partial charge in [-0.25, -0.2) is 4.68 Å². The molecule has 0 bridgehead atoms. The van der Waals surface area contributed by atoms with Crippen molar-refractivity contribution in [2.75, 3.05) is 7.11 Å². The molecule has 1 aromatic heterocycles. The molecule has 33 heavy (non-hydrogen) atoms. The average molecular weight is 457 g/mol. The number of carbonyl (C=O) groups is 1. The van der Waals surface area contributed by atoms with Gasteiger partial charge in [0.2, 0.25) is 5.43 Å². The molecule has 9 heteroatoms. The number of benzene rings is 2. The largest absolute Gasteiger partial charge is 0.497 e. The van der Waals surface area contributed by atoms with E-state index in [9.17, 15) is 22.8 Å². The first-order valence-corrected chi connectivity index (χ1v) is 10.4. The molecule has 1 heterocycles. The lowest BCUT2D eigenvalue weighted by Crippen LogP contribution is -2.37. The zero-order valence-corrected chi connectivity index (χ0v) is 18.1. The van der Waals surface area contributed by atoms with Crippen molar-refractivity contribution in [2.45, 2.75) is 38.5 Å². The van der Waals surface area contributed by atoms with Gasteiger partial charge in [-0.2, -0.15) is 18.3 Å². The minimum Gasteiger partial charge on any atom is -0.497 e. The summed E-state index contributed by atoms with van der Waals surface area (Å²) in [5, 5.41) is 4.11. The van der Waals surface area contributed by atoms with Gasteiger partial charge in [-0.1, -0.05) is 24.3 Å². The van der Waals surface area contributed by atoms with Gasteiger partial charge < -0.3 is 9.64 Å². The third kappa shape index (κ3) is 4.76. The number of halogens is 3. The lowest BCUT2D eigenvalue weighted by molar-refractivity contribution is -0.137. The van der Waals surface area contributed by atoms with E-state index in [0.29, 0.717) is 5.75 Å². The van der Waals surface area contributed by atoms with Gasteiger partial charge >= 0.3 is 6.18 Å². The van der Waals surface area contributed by atoms with E-state index < -0.39 is 28.8 Å². The number of amides is 1. The van der Waals surface area contributed by atoms with Gasteiger partial charge in [-0.15, -0.1) is 0 Å². The molecule has 0 N–H and O–H groups in total. The zero-order chi connectivity index (χ0) is 23.8. The SMILES string of the molecule is COc1ccc(CN(C(=O)c2nn(-c3ccccc3C(F)(F)F)c(C)cc2=O)C2CC2)cc1. The number of hydrogen-bond acceptors (Lipinski definition) is 4. The first-order chi connectivity index (χ1) is 15.7. The van der Waals surface area contributed by atoms with Crippen molar-refractivity contribution in [1.82, 2.24) is 14.7 Å². The number of methoxy groups -OCH3 is 1. The van der Waals surface area contributed by atoms with Crippen molar-refractivity contribution < 1.29 is 22.7 Å². The third-order valence-electron chi connectivity index (χ3n) is 5.51. The monoisotopic (exact) mass is 457 g/mol. The second-order valence-corrected chi connectivity index (χ2v) is 7.94. The highest BCUT2D eigenvalue weighted by atomic mass is 19.4. The highest BCUT2D eigenvalue weighted by Crippen LogP contribution is 2.34. The number of para-hydroxylation sites is 1. The minimum atomic E-state index is -4.62.